The lowest BCUT2D eigenvalue weighted by molar-refractivity contribution is 0.0734. The summed E-state index contributed by atoms with van der Waals surface area (Å²) in [5, 5.41) is 0. The van der Waals surface area contributed by atoms with Crippen LogP contribution in [0.4, 0.5) is 0 Å². The molecule has 0 N–H and O–H groups in total. The summed E-state index contributed by atoms with van der Waals surface area (Å²) < 4.78 is 26.6. The monoisotopic (exact) mass is 412 g/mol. The van der Waals surface area contributed by atoms with Gasteiger partial charge in [0, 0.05) is 18.2 Å². The molecular weight excluding hydrogens is 388 g/mol. The molecule has 152 valence electrons. The molecule has 6 nitrogen and oxygen atoms in total. The van der Waals surface area contributed by atoms with Gasteiger partial charge in [-0.15, -0.1) is 0 Å². The van der Waals surface area contributed by atoms with Gasteiger partial charge in [-0.2, -0.15) is 0 Å². The smallest absolute Gasteiger partial charge is 0.269 e. The van der Waals surface area contributed by atoms with Crippen molar-refractivity contribution < 1.29 is 18.0 Å². The number of likely N-dealkylation sites (tertiary alicyclic amines) is 1. The molecule has 2 aliphatic heterocycles. The molecule has 1 unspecified atom stereocenters. The van der Waals surface area contributed by atoms with Gasteiger partial charge in [-0.25, -0.2) is 12.7 Å². The minimum absolute atomic E-state index is 0.0256. The van der Waals surface area contributed by atoms with Crippen molar-refractivity contribution in [3.05, 3.63) is 64.7 Å². The van der Waals surface area contributed by atoms with Crippen LogP contribution in [-0.4, -0.2) is 42.0 Å². The molecule has 2 aliphatic rings. The molecule has 0 saturated carbocycles. The van der Waals surface area contributed by atoms with Crippen LogP contribution < -0.4 is 0 Å². The number of aryl methyl sites for hydroxylation is 1. The number of rotatable bonds is 3. The van der Waals surface area contributed by atoms with E-state index in [0.29, 0.717) is 12.1 Å². The Bertz CT molecular complexity index is 1110. The van der Waals surface area contributed by atoms with Gasteiger partial charge in [0.1, 0.15) is 4.90 Å². The van der Waals surface area contributed by atoms with Gasteiger partial charge in [-0.3, -0.25) is 9.59 Å². The van der Waals surface area contributed by atoms with Crippen LogP contribution in [0.2, 0.25) is 0 Å². The minimum Gasteiger partial charge on any atom is -0.332 e. The van der Waals surface area contributed by atoms with E-state index in [2.05, 4.69) is 0 Å². The molecule has 29 heavy (non-hydrogen) atoms. The Morgan fingerprint density at radius 3 is 2.55 bits per heavy atom. The van der Waals surface area contributed by atoms with Crippen molar-refractivity contribution in [3.8, 4) is 0 Å². The number of hydrogen-bond acceptors (Lipinski definition) is 4. The van der Waals surface area contributed by atoms with Crippen molar-refractivity contribution in [3.63, 3.8) is 0 Å². The molecular formula is C22H24N2O4S. The summed E-state index contributed by atoms with van der Waals surface area (Å²) in [6.07, 6.45) is 1.77. The maximum absolute atomic E-state index is 13.3. The summed E-state index contributed by atoms with van der Waals surface area (Å²) in [7, 11) is -3.93. The zero-order valence-electron chi connectivity index (χ0n) is 16.8. The van der Waals surface area contributed by atoms with Gasteiger partial charge in [-0.05, 0) is 62.9 Å². The molecule has 2 amide bonds. The van der Waals surface area contributed by atoms with Crippen molar-refractivity contribution in [2.45, 2.75) is 50.6 Å². The average Bonchev–Trinajstić information content (AvgIpc) is 3.23. The molecule has 1 saturated heterocycles. The van der Waals surface area contributed by atoms with Crippen LogP contribution in [0.15, 0.2) is 47.4 Å². The SMILES string of the molecule is Cc1ccccc1C1CCCN1C(=O)c1ccc2c(c1)S(=O)(=O)N(C(C)C)C2=O. The zero-order valence-corrected chi connectivity index (χ0v) is 17.6. The number of carbonyl (C=O) groups excluding carboxylic acids is 2. The lowest BCUT2D eigenvalue weighted by Gasteiger charge is -2.26. The van der Waals surface area contributed by atoms with E-state index in [4.69, 9.17) is 0 Å². The first-order valence-corrected chi connectivity index (χ1v) is 11.3. The summed E-state index contributed by atoms with van der Waals surface area (Å²) in [5.74, 6) is -0.739. The average molecular weight is 413 g/mol. The third kappa shape index (κ3) is 3.04. The second-order valence-electron chi connectivity index (χ2n) is 7.92. The number of benzene rings is 2. The van der Waals surface area contributed by atoms with E-state index in [1.54, 1.807) is 19.9 Å². The lowest BCUT2D eigenvalue weighted by atomic mass is 9.99. The van der Waals surface area contributed by atoms with Crippen LogP contribution in [0.25, 0.3) is 0 Å². The van der Waals surface area contributed by atoms with Gasteiger partial charge in [-0.1, -0.05) is 24.3 Å². The maximum atomic E-state index is 13.3. The number of fused-ring (bicyclic) bond motifs is 1. The Hall–Kier alpha value is -2.67. The molecule has 2 aromatic rings. The van der Waals surface area contributed by atoms with Crippen molar-refractivity contribution in [2.24, 2.45) is 0 Å². The van der Waals surface area contributed by atoms with Crippen LogP contribution in [0.5, 0.6) is 0 Å². The van der Waals surface area contributed by atoms with Gasteiger partial charge < -0.3 is 4.90 Å². The standard InChI is InChI=1S/C22H24N2O4S/c1-14(2)24-22(26)18-11-10-16(13-20(18)29(24,27)28)21(25)23-12-6-9-19(23)17-8-5-4-7-15(17)3/h4-5,7-8,10-11,13-14,19H,6,9,12H2,1-3H3. The van der Waals surface area contributed by atoms with Crippen molar-refractivity contribution in [1.82, 2.24) is 9.21 Å². The molecule has 0 aliphatic carbocycles. The summed E-state index contributed by atoms with van der Waals surface area (Å²) >= 11 is 0. The van der Waals surface area contributed by atoms with Crippen LogP contribution in [0, 0.1) is 6.92 Å². The van der Waals surface area contributed by atoms with Crippen LogP contribution in [0.3, 0.4) is 0 Å². The Morgan fingerprint density at radius 1 is 1.14 bits per heavy atom. The molecule has 0 aromatic heterocycles. The summed E-state index contributed by atoms with van der Waals surface area (Å²) in [6, 6.07) is 11.9. The Labute approximate surface area is 171 Å². The first-order chi connectivity index (χ1) is 13.7. The second kappa shape index (κ2) is 6.99. The molecule has 0 radical (unpaired) electrons. The van der Waals surface area contributed by atoms with E-state index in [1.807, 2.05) is 36.1 Å². The third-order valence-electron chi connectivity index (χ3n) is 5.73. The number of nitrogens with zero attached hydrogens (tertiary/aromatic N) is 2. The van der Waals surface area contributed by atoms with E-state index >= 15 is 0 Å². The Morgan fingerprint density at radius 2 is 1.86 bits per heavy atom. The van der Waals surface area contributed by atoms with E-state index in [9.17, 15) is 18.0 Å². The zero-order chi connectivity index (χ0) is 20.9. The van der Waals surface area contributed by atoms with E-state index in [1.165, 1.54) is 12.1 Å². The highest BCUT2D eigenvalue weighted by molar-refractivity contribution is 7.90. The summed E-state index contributed by atoms with van der Waals surface area (Å²) in [4.78, 5) is 27.5. The molecule has 4 rings (SSSR count). The number of sulfonamides is 1. The fourth-order valence-corrected chi connectivity index (χ4v) is 6.14. The van der Waals surface area contributed by atoms with Crippen molar-refractivity contribution in [2.75, 3.05) is 6.54 Å². The topological polar surface area (TPSA) is 74.8 Å². The maximum Gasteiger partial charge on any atom is 0.269 e. The first-order valence-electron chi connectivity index (χ1n) is 9.83. The highest BCUT2D eigenvalue weighted by Crippen LogP contribution is 2.36. The van der Waals surface area contributed by atoms with Crippen molar-refractivity contribution >= 4 is 21.8 Å². The number of hydrogen-bond donors (Lipinski definition) is 0. The highest BCUT2D eigenvalue weighted by Gasteiger charge is 2.43. The first kappa shape index (κ1) is 19.6. The molecule has 2 heterocycles. The van der Waals surface area contributed by atoms with Gasteiger partial charge in [0.2, 0.25) is 0 Å². The van der Waals surface area contributed by atoms with E-state index in [0.717, 1.165) is 28.3 Å². The second-order valence-corrected chi connectivity index (χ2v) is 9.71. The van der Waals surface area contributed by atoms with Gasteiger partial charge in [0.15, 0.2) is 0 Å². The molecule has 1 fully saturated rings. The fourth-order valence-electron chi connectivity index (χ4n) is 4.35. The van der Waals surface area contributed by atoms with Crippen LogP contribution in [0.1, 0.15) is 64.6 Å². The molecule has 2 aromatic carbocycles. The highest BCUT2D eigenvalue weighted by atomic mass is 32.2. The summed E-state index contributed by atoms with van der Waals surface area (Å²) in [5.41, 5.74) is 2.68. The molecule has 1 atom stereocenters. The summed E-state index contributed by atoms with van der Waals surface area (Å²) in [6.45, 7) is 5.97. The quantitative estimate of drug-likeness (QED) is 0.773. The van der Waals surface area contributed by atoms with E-state index < -0.39 is 22.0 Å². The minimum atomic E-state index is -3.93. The largest absolute Gasteiger partial charge is 0.332 e. The Balaban J connectivity index is 1.71. The molecule has 7 heteroatoms. The van der Waals surface area contributed by atoms with Crippen LogP contribution in [-0.2, 0) is 10.0 Å². The molecule has 0 bridgehead atoms. The predicted octanol–water partition coefficient (Wildman–Crippen LogP) is 3.53. The predicted molar refractivity (Wildman–Crippen MR) is 109 cm³/mol. The third-order valence-corrected chi connectivity index (χ3v) is 7.73. The van der Waals surface area contributed by atoms with Gasteiger partial charge in [0.25, 0.3) is 21.8 Å². The van der Waals surface area contributed by atoms with Crippen molar-refractivity contribution in [1.29, 1.82) is 0 Å². The fraction of sp³-hybridized carbons (Fsp3) is 0.364. The number of carbonyl (C=O) groups is 2. The van der Waals surface area contributed by atoms with E-state index in [-0.39, 0.29) is 22.4 Å². The normalized spacial score (nSPS) is 20.4. The molecule has 0 spiro atoms. The van der Waals surface area contributed by atoms with Gasteiger partial charge >= 0.3 is 0 Å². The van der Waals surface area contributed by atoms with Crippen LogP contribution >= 0.6 is 0 Å². The lowest BCUT2D eigenvalue weighted by Crippen LogP contribution is -2.36. The Kier molecular flexibility index (Phi) is 4.73. The van der Waals surface area contributed by atoms with Gasteiger partial charge in [0.05, 0.1) is 11.6 Å². The number of amides is 2.